The Morgan fingerprint density at radius 2 is 2.38 bits per heavy atom. The van der Waals surface area contributed by atoms with Crippen molar-refractivity contribution in [2.24, 2.45) is 5.92 Å². The molecule has 16 heavy (non-hydrogen) atoms. The van der Waals surface area contributed by atoms with E-state index in [2.05, 4.69) is 4.98 Å². The van der Waals surface area contributed by atoms with E-state index in [0.717, 1.165) is 6.42 Å². The van der Waals surface area contributed by atoms with Gasteiger partial charge in [-0.15, -0.1) is 0 Å². The van der Waals surface area contributed by atoms with Crippen LogP contribution in [0.2, 0.25) is 0 Å². The highest BCUT2D eigenvalue weighted by Crippen LogP contribution is 2.22. The van der Waals surface area contributed by atoms with Crippen LogP contribution in [0, 0.1) is 5.92 Å². The maximum absolute atomic E-state index is 11.4. The quantitative estimate of drug-likeness (QED) is 0.736. The van der Waals surface area contributed by atoms with E-state index in [0.29, 0.717) is 25.0 Å². The number of hydrogen-bond acceptors (Lipinski definition) is 5. The highest BCUT2D eigenvalue weighted by Gasteiger charge is 2.26. The van der Waals surface area contributed by atoms with Gasteiger partial charge in [0.25, 0.3) is 0 Å². The predicted octanol–water partition coefficient (Wildman–Crippen LogP) is 0.854. The van der Waals surface area contributed by atoms with Crippen molar-refractivity contribution in [1.29, 1.82) is 0 Å². The molecule has 1 aliphatic heterocycles. The van der Waals surface area contributed by atoms with Crippen molar-refractivity contribution < 1.29 is 17.6 Å². The van der Waals surface area contributed by atoms with E-state index in [4.69, 9.17) is 4.42 Å². The van der Waals surface area contributed by atoms with Crippen LogP contribution < -0.4 is 0 Å². The van der Waals surface area contributed by atoms with Crippen molar-refractivity contribution in [3.63, 3.8) is 0 Å². The summed E-state index contributed by atoms with van der Waals surface area (Å²) in [7, 11) is -2.89. The Labute approximate surface area is 93.8 Å². The van der Waals surface area contributed by atoms with Crippen LogP contribution in [0.1, 0.15) is 29.3 Å². The zero-order valence-electron chi connectivity index (χ0n) is 8.76. The summed E-state index contributed by atoms with van der Waals surface area (Å²) < 4.78 is 27.9. The van der Waals surface area contributed by atoms with Crippen molar-refractivity contribution in [2.75, 3.05) is 11.5 Å². The fourth-order valence-corrected chi connectivity index (χ4v) is 3.77. The lowest BCUT2D eigenvalue weighted by Crippen LogP contribution is -2.26. The molecule has 0 aromatic carbocycles. The van der Waals surface area contributed by atoms with Gasteiger partial charge in [0.15, 0.2) is 27.8 Å². The molecule has 1 saturated heterocycles. The van der Waals surface area contributed by atoms with Gasteiger partial charge in [-0.2, -0.15) is 0 Å². The van der Waals surface area contributed by atoms with E-state index in [-0.39, 0.29) is 23.2 Å². The number of sulfone groups is 1. The van der Waals surface area contributed by atoms with Crippen LogP contribution in [0.3, 0.4) is 0 Å². The summed E-state index contributed by atoms with van der Waals surface area (Å²) in [6.45, 7) is 0. The van der Waals surface area contributed by atoms with E-state index in [1.165, 1.54) is 6.20 Å². The number of aromatic nitrogens is 1. The largest absolute Gasteiger partial charge is 0.438 e. The molecular formula is C10H13NO4S. The van der Waals surface area contributed by atoms with E-state index in [9.17, 15) is 13.2 Å². The lowest BCUT2D eigenvalue weighted by molar-refractivity contribution is 0.109. The normalized spacial score (nSPS) is 24.1. The van der Waals surface area contributed by atoms with Gasteiger partial charge in [0.2, 0.25) is 0 Å². The molecule has 0 N–H and O–H groups in total. The number of carbonyl (C=O) groups excluding carboxylic acids is 1. The number of rotatable bonds is 3. The highest BCUT2D eigenvalue weighted by atomic mass is 32.2. The molecule has 0 aliphatic carbocycles. The minimum absolute atomic E-state index is 0.0666. The monoisotopic (exact) mass is 243 g/mol. The van der Waals surface area contributed by atoms with Gasteiger partial charge in [0, 0.05) is 6.42 Å². The molecule has 2 heterocycles. The average molecular weight is 243 g/mol. The zero-order valence-corrected chi connectivity index (χ0v) is 9.57. The van der Waals surface area contributed by atoms with E-state index >= 15 is 0 Å². The second kappa shape index (κ2) is 4.37. The lowest BCUT2D eigenvalue weighted by atomic mass is 10.0. The Balaban J connectivity index is 2.01. The average Bonchev–Trinajstić information content (AvgIpc) is 2.64. The second-order valence-corrected chi connectivity index (χ2v) is 6.33. The number of aldehydes is 1. The molecule has 0 spiro atoms. The minimum atomic E-state index is -2.89. The Hall–Kier alpha value is -1.17. The third-order valence-electron chi connectivity index (χ3n) is 2.71. The number of hydrogen-bond donors (Lipinski definition) is 0. The Morgan fingerprint density at radius 3 is 3.00 bits per heavy atom. The van der Waals surface area contributed by atoms with E-state index in [1.807, 2.05) is 0 Å². The highest BCUT2D eigenvalue weighted by molar-refractivity contribution is 7.91. The third-order valence-corrected chi connectivity index (χ3v) is 4.60. The van der Waals surface area contributed by atoms with Crippen LogP contribution in [-0.2, 0) is 16.3 Å². The Kier molecular flexibility index (Phi) is 3.09. The van der Waals surface area contributed by atoms with Crippen molar-refractivity contribution >= 4 is 16.1 Å². The molecule has 1 aromatic heterocycles. The second-order valence-electron chi connectivity index (χ2n) is 4.10. The van der Waals surface area contributed by atoms with Crippen molar-refractivity contribution in [3.8, 4) is 0 Å². The zero-order chi connectivity index (χ0) is 11.6. The molecular weight excluding hydrogens is 230 g/mol. The van der Waals surface area contributed by atoms with Crippen LogP contribution in [-0.4, -0.2) is 31.2 Å². The van der Waals surface area contributed by atoms with Crippen LogP contribution in [0.4, 0.5) is 0 Å². The summed E-state index contributed by atoms with van der Waals surface area (Å²) in [6, 6.07) is 0. The van der Waals surface area contributed by atoms with Gasteiger partial charge < -0.3 is 4.42 Å². The van der Waals surface area contributed by atoms with E-state index < -0.39 is 9.84 Å². The standard InChI is InChI=1S/C10H13NO4S/c12-6-9-5-11-10(15-9)4-8-2-1-3-16(13,14)7-8/h5-6,8H,1-4,7H2. The molecule has 1 aromatic rings. The topological polar surface area (TPSA) is 77.2 Å². The van der Waals surface area contributed by atoms with Crippen LogP contribution in [0.15, 0.2) is 10.6 Å². The predicted molar refractivity (Wildman–Crippen MR) is 57.0 cm³/mol. The molecule has 1 unspecified atom stereocenters. The number of nitrogens with zero attached hydrogens (tertiary/aromatic N) is 1. The molecule has 0 radical (unpaired) electrons. The molecule has 1 fully saturated rings. The molecule has 88 valence electrons. The van der Waals surface area contributed by atoms with Gasteiger partial charge in [0.1, 0.15) is 0 Å². The van der Waals surface area contributed by atoms with Gasteiger partial charge in [0.05, 0.1) is 17.7 Å². The summed E-state index contributed by atoms with van der Waals surface area (Å²) in [4.78, 5) is 14.3. The molecule has 0 amide bonds. The van der Waals surface area contributed by atoms with E-state index in [1.54, 1.807) is 0 Å². The molecule has 0 bridgehead atoms. The first-order valence-electron chi connectivity index (χ1n) is 5.19. The minimum Gasteiger partial charge on any atom is -0.438 e. The van der Waals surface area contributed by atoms with Gasteiger partial charge in [-0.3, -0.25) is 4.79 Å². The Bertz CT molecular complexity index is 477. The smallest absolute Gasteiger partial charge is 0.195 e. The molecule has 5 nitrogen and oxygen atoms in total. The summed E-state index contributed by atoms with van der Waals surface area (Å²) in [6.07, 6.45) is 4.02. The maximum Gasteiger partial charge on any atom is 0.195 e. The molecule has 1 atom stereocenters. The van der Waals surface area contributed by atoms with Gasteiger partial charge >= 0.3 is 0 Å². The molecule has 1 aliphatic rings. The fourth-order valence-electron chi connectivity index (χ4n) is 2.00. The first-order valence-corrected chi connectivity index (χ1v) is 7.01. The SMILES string of the molecule is O=Cc1cnc(CC2CCCS(=O)(=O)C2)o1. The number of oxazole rings is 1. The van der Waals surface area contributed by atoms with Gasteiger partial charge in [-0.25, -0.2) is 13.4 Å². The first-order chi connectivity index (χ1) is 7.59. The summed E-state index contributed by atoms with van der Waals surface area (Å²) in [5.74, 6) is 1.19. The lowest BCUT2D eigenvalue weighted by Gasteiger charge is -2.20. The Morgan fingerprint density at radius 1 is 1.56 bits per heavy atom. The van der Waals surface area contributed by atoms with Gasteiger partial charge in [-0.1, -0.05) is 0 Å². The van der Waals surface area contributed by atoms with Crippen molar-refractivity contribution in [2.45, 2.75) is 19.3 Å². The van der Waals surface area contributed by atoms with Crippen molar-refractivity contribution in [1.82, 2.24) is 4.98 Å². The van der Waals surface area contributed by atoms with Crippen LogP contribution in [0.25, 0.3) is 0 Å². The van der Waals surface area contributed by atoms with Crippen molar-refractivity contribution in [3.05, 3.63) is 17.8 Å². The maximum atomic E-state index is 11.4. The van der Waals surface area contributed by atoms with Crippen LogP contribution in [0.5, 0.6) is 0 Å². The molecule has 6 heteroatoms. The number of carbonyl (C=O) groups is 1. The van der Waals surface area contributed by atoms with Gasteiger partial charge in [-0.05, 0) is 18.8 Å². The molecule has 0 saturated carbocycles. The summed E-state index contributed by atoms with van der Waals surface area (Å²) in [5, 5.41) is 0. The summed E-state index contributed by atoms with van der Waals surface area (Å²) >= 11 is 0. The molecule has 2 rings (SSSR count). The first kappa shape index (κ1) is 11.3. The summed E-state index contributed by atoms with van der Waals surface area (Å²) in [5.41, 5.74) is 0. The fraction of sp³-hybridized carbons (Fsp3) is 0.600. The third kappa shape index (κ3) is 2.69. The van der Waals surface area contributed by atoms with Crippen LogP contribution >= 0.6 is 0 Å².